The lowest BCUT2D eigenvalue weighted by atomic mass is 9.86. The summed E-state index contributed by atoms with van der Waals surface area (Å²) in [5.74, 6) is 0. The first-order chi connectivity index (χ1) is 9.54. The second-order valence-corrected chi connectivity index (χ2v) is 8.00. The molecule has 20 heavy (non-hydrogen) atoms. The minimum Gasteiger partial charge on any atom is -0.143 e. The van der Waals surface area contributed by atoms with E-state index in [2.05, 4.69) is 74.7 Å². The van der Waals surface area contributed by atoms with E-state index in [0.29, 0.717) is 0 Å². The predicted octanol–water partition coefficient (Wildman–Crippen LogP) is 6.44. The number of hydrogen-bond donors (Lipinski definition) is 0. The van der Waals surface area contributed by atoms with E-state index in [1.54, 1.807) is 11.3 Å². The van der Waals surface area contributed by atoms with Crippen LogP contribution in [0.25, 0.3) is 20.2 Å². The second kappa shape index (κ2) is 5.19. The fourth-order valence-electron chi connectivity index (χ4n) is 2.18. The summed E-state index contributed by atoms with van der Waals surface area (Å²) in [6.07, 6.45) is 0. The van der Waals surface area contributed by atoms with Crippen molar-refractivity contribution in [2.24, 2.45) is 0 Å². The molecular formula is C18H18S2. The Bertz CT molecular complexity index is 680. The Morgan fingerprint density at radius 3 is 2.05 bits per heavy atom. The van der Waals surface area contributed by atoms with Crippen LogP contribution in [-0.4, -0.2) is 0 Å². The third-order valence-corrected chi connectivity index (χ3v) is 5.61. The van der Waals surface area contributed by atoms with Crippen molar-refractivity contribution in [1.29, 1.82) is 0 Å². The predicted molar refractivity (Wildman–Crippen MR) is 91.8 cm³/mol. The van der Waals surface area contributed by atoms with Gasteiger partial charge in [0, 0.05) is 14.6 Å². The lowest BCUT2D eigenvalue weighted by Crippen LogP contribution is -2.10. The molecule has 0 saturated carbocycles. The van der Waals surface area contributed by atoms with Crippen molar-refractivity contribution in [3.63, 3.8) is 0 Å². The van der Waals surface area contributed by atoms with E-state index in [9.17, 15) is 0 Å². The summed E-state index contributed by atoms with van der Waals surface area (Å²) >= 11 is 3.67. The highest BCUT2D eigenvalue weighted by Gasteiger charge is 2.13. The van der Waals surface area contributed by atoms with Crippen molar-refractivity contribution in [3.05, 3.63) is 59.5 Å². The standard InChI is InChI=1S/C18H18S2/c1-18(2,3)14-8-6-13(7-9-14)15-10-11-17(20-15)16-5-4-12-19-16/h4-12H,1-3H3. The van der Waals surface area contributed by atoms with Gasteiger partial charge in [0.2, 0.25) is 0 Å². The van der Waals surface area contributed by atoms with Crippen LogP contribution in [0.5, 0.6) is 0 Å². The van der Waals surface area contributed by atoms with Crippen molar-refractivity contribution in [1.82, 2.24) is 0 Å². The maximum atomic E-state index is 2.25. The fourth-order valence-corrected chi connectivity index (χ4v) is 4.02. The largest absolute Gasteiger partial charge is 0.143 e. The van der Waals surface area contributed by atoms with Crippen molar-refractivity contribution >= 4 is 22.7 Å². The van der Waals surface area contributed by atoms with Gasteiger partial charge in [-0.1, -0.05) is 51.1 Å². The van der Waals surface area contributed by atoms with Gasteiger partial charge in [-0.3, -0.25) is 0 Å². The van der Waals surface area contributed by atoms with E-state index < -0.39 is 0 Å². The molecule has 0 radical (unpaired) electrons. The Kier molecular flexibility index (Phi) is 3.53. The van der Waals surface area contributed by atoms with Crippen molar-refractivity contribution in [2.45, 2.75) is 26.2 Å². The Morgan fingerprint density at radius 1 is 0.750 bits per heavy atom. The van der Waals surface area contributed by atoms with Crippen LogP contribution in [0.1, 0.15) is 26.3 Å². The molecule has 102 valence electrons. The number of thiophene rings is 2. The van der Waals surface area contributed by atoms with Gasteiger partial charge in [-0.25, -0.2) is 0 Å². The van der Waals surface area contributed by atoms with Crippen LogP contribution in [0.3, 0.4) is 0 Å². The molecule has 0 saturated heterocycles. The first kappa shape index (κ1) is 13.6. The molecule has 0 unspecified atom stereocenters. The normalized spacial score (nSPS) is 11.8. The van der Waals surface area contributed by atoms with Crippen LogP contribution in [0, 0.1) is 0 Å². The summed E-state index contributed by atoms with van der Waals surface area (Å²) < 4.78 is 0. The monoisotopic (exact) mass is 298 g/mol. The van der Waals surface area contributed by atoms with Crippen LogP contribution in [0.15, 0.2) is 53.9 Å². The van der Waals surface area contributed by atoms with Crippen molar-refractivity contribution < 1.29 is 0 Å². The third kappa shape index (κ3) is 2.72. The third-order valence-electron chi connectivity index (χ3n) is 3.41. The minimum atomic E-state index is 0.218. The lowest BCUT2D eigenvalue weighted by Gasteiger charge is -2.18. The van der Waals surface area contributed by atoms with E-state index in [0.717, 1.165) is 0 Å². The molecule has 0 nitrogen and oxygen atoms in total. The molecule has 3 aromatic rings. The second-order valence-electron chi connectivity index (χ2n) is 5.97. The molecule has 2 aromatic heterocycles. The first-order valence-electron chi connectivity index (χ1n) is 6.79. The summed E-state index contributed by atoms with van der Waals surface area (Å²) in [6.45, 7) is 6.76. The summed E-state index contributed by atoms with van der Waals surface area (Å²) in [5.41, 5.74) is 2.91. The van der Waals surface area contributed by atoms with Gasteiger partial charge < -0.3 is 0 Å². The summed E-state index contributed by atoms with van der Waals surface area (Å²) in [7, 11) is 0. The highest BCUT2D eigenvalue weighted by Crippen LogP contribution is 2.37. The molecule has 0 spiro atoms. The minimum absolute atomic E-state index is 0.218. The average molecular weight is 298 g/mol. The lowest BCUT2D eigenvalue weighted by molar-refractivity contribution is 0.590. The maximum absolute atomic E-state index is 2.25. The van der Waals surface area contributed by atoms with Crippen LogP contribution in [-0.2, 0) is 5.41 Å². The zero-order chi connectivity index (χ0) is 14.2. The van der Waals surface area contributed by atoms with Gasteiger partial charge in [0.15, 0.2) is 0 Å². The molecule has 0 aliphatic heterocycles. The fraction of sp³-hybridized carbons (Fsp3) is 0.222. The molecule has 0 aliphatic carbocycles. The van der Waals surface area contributed by atoms with E-state index >= 15 is 0 Å². The summed E-state index contributed by atoms with van der Waals surface area (Å²) in [5, 5.41) is 2.13. The van der Waals surface area contributed by atoms with Crippen LogP contribution < -0.4 is 0 Å². The topological polar surface area (TPSA) is 0 Å². The molecule has 0 aliphatic rings. The number of benzene rings is 1. The van der Waals surface area contributed by atoms with Gasteiger partial charge in [-0.2, -0.15) is 0 Å². The highest BCUT2D eigenvalue weighted by molar-refractivity contribution is 7.23. The Balaban J connectivity index is 1.90. The van der Waals surface area contributed by atoms with Gasteiger partial charge in [-0.15, -0.1) is 22.7 Å². The first-order valence-corrected chi connectivity index (χ1v) is 8.48. The molecule has 0 N–H and O–H groups in total. The molecule has 0 fully saturated rings. The summed E-state index contributed by atoms with van der Waals surface area (Å²) in [6, 6.07) is 17.7. The van der Waals surface area contributed by atoms with Crippen molar-refractivity contribution in [2.75, 3.05) is 0 Å². The van der Waals surface area contributed by atoms with Gasteiger partial charge in [-0.05, 0) is 40.1 Å². The van der Waals surface area contributed by atoms with Gasteiger partial charge in [0.25, 0.3) is 0 Å². The van der Waals surface area contributed by atoms with Crippen LogP contribution in [0.4, 0.5) is 0 Å². The van der Waals surface area contributed by atoms with E-state index in [1.165, 1.54) is 25.8 Å². The van der Waals surface area contributed by atoms with Crippen LogP contribution >= 0.6 is 22.7 Å². The molecule has 2 heterocycles. The smallest absolute Gasteiger partial charge is 0.0449 e. The zero-order valence-electron chi connectivity index (χ0n) is 12.0. The molecule has 2 heteroatoms. The molecule has 1 aromatic carbocycles. The van der Waals surface area contributed by atoms with Gasteiger partial charge in [0.05, 0.1) is 0 Å². The van der Waals surface area contributed by atoms with Crippen LogP contribution in [0.2, 0.25) is 0 Å². The molecule has 0 atom stereocenters. The Hall–Kier alpha value is -1.38. The number of rotatable bonds is 2. The Morgan fingerprint density at radius 2 is 1.45 bits per heavy atom. The van der Waals surface area contributed by atoms with E-state index in [-0.39, 0.29) is 5.41 Å². The van der Waals surface area contributed by atoms with E-state index in [4.69, 9.17) is 0 Å². The highest BCUT2D eigenvalue weighted by atomic mass is 32.1. The van der Waals surface area contributed by atoms with Gasteiger partial charge >= 0.3 is 0 Å². The summed E-state index contributed by atoms with van der Waals surface area (Å²) in [4.78, 5) is 4.05. The van der Waals surface area contributed by atoms with E-state index in [1.807, 2.05) is 11.3 Å². The molecule has 0 amide bonds. The molecular weight excluding hydrogens is 280 g/mol. The maximum Gasteiger partial charge on any atom is 0.0449 e. The number of hydrogen-bond acceptors (Lipinski definition) is 2. The zero-order valence-corrected chi connectivity index (χ0v) is 13.6. The van der Waals surface area contributed by atoms with Crippen molar-refractivity contribution in [3.8, 4) is 20.2 Å². The van der Waals surface area contributed by atoms with Gasteiger partial charge in [0.1, 0.15) is 0 Å². The Labute approximate surface area is 128 Å². The quantitative estimate of drug-likeness (QED) is 0.510. The average Bonchev–Trinajstić information content (AvgIpc) is 3.09. The molecule has 0 bridgehead atoms. The SMILES string of the molecule is CC(C)(C)c1ccc(-c2ccc(-c3cccs3)s2)cc1. The molecule has 3 rings (SSSR count).